The SMILES string of the molecule is COC1(C)CCCN(Cc2ccc(C(=O)NN)cc2)C1. The summed E-state index contributed by atoms with van der Waals surface area (Å²) in [4.78, 5) is 13.8. The number of carbonyl (C=O) groups is 1. The van der Waals surface area contributed by atoms with E-state index in [9.17, 15) is 4.79 Å². The van der Waals surface area contributed by atoms with E-state index < -0.39 is 0 Å². The highest BCUT2D eigenvalue weighted by atomic mass is 16.5. The summed E-state index contributed by atoms with van der Waals surface area (Å²) in [5.41, 5.74) is 3.86. The van der Waals surface area contributed by atoms with Crippen LogP contribution in [0, 0.1) is 0 Å². The van der Waals surface area contributed by atoms with Gasteiger partial charge >= 0.3 is 0 Å². The van der Waals surface area contributed by atoms with E-state index >= 15 is 0 Å². The maximum Gasteiger partial charge on any atom is 0.265 e. The number of nitrogens with two attached hydrogens (primary N) is 1. The second-order valence-electron chi connectivity index (χ2n) is 5.64. The van der Waals surface area contributed by atoms with Crippen molar-refractivity contribution in [3.05, 3.63) is 35.4 Å². The smallest absolute Gasteiger partial charge is 0.265 e. The molecule has 1 heterocycles. The Morgan fingerprint density at radius 1 is 1.45 bits per heavy atom. The number of nitrogens with zero attached hydrogens (tertiary/aromatic N) is 1. The van der Waals surface area contributed by atoms with Crippen LogP contribution in [-0.2, 0) is 11.3 Å². The fraction of sp³-hybridized carbons (Fsp3) is 0.533. The number of hydrogen-bond donors (Lipinski definition) is 2. The van der Waals surface area contributed by atoms with Crippen LogP contribution in [0.1, 0.15) is 35.7 Å². The zero-order valence-electron chi connectivity index (χ0n) is 12.2. The van der Waals surface area contributed by atoms with E-state index in [1.807, 2.05) is 12.1 Å². The first-order valence-electron chi connectivity index (χ1n) is 6.94. The number of nitrogen functional groups attached to an aromatic ring is 1. The molecule has 5 heteroatoms. The van der Waals surface area contributed by atoms with Crippen molar-refractivity contribution in [1.29, 1.82) is 0 Å². The second-order valence-corrected chi connectivity index (χ2v) is 5.64. The van der Waals surface area contributed by atoms with Crippen LogP contribution in [0.25, 0.3) is 0 Å². The monoisotopic (exact) mass is 277 g/mol. The minimum atomic E-state index is -0.263. The third-order valence-corrected chi connectivity index (χ3v) is 3.98. The number of piperidine rings is 1. The van der Waals surface area contributed by atoms with E-state index in [0.29, 0.717) is 5.56 Å². The highest BCUT2D eigenvalue weighted by Crippen LogP contribution is 2.25. The first-order valence-corrected chi connectivity index (χ1v) is 6.94. The van der Waals surface area contributed by atoms with Gasteiger partial charge in [-0.2, -0.15) is 0 Å². The molecule has 0 bridgehead atoms. The number of ether oxygens (including phenoxy) is 1. The second kappa shape index (κ2) is 6.35. The summed E-state index contributed by atoms with van der Waals surface area (Å²) in [6.07, 6.45) is 2.26. The average molecular weight is 277 g/mol. The van der Waals surface area contributed by atoms with Crippen molar-refractivity contribution in [3.63, 3.8) is 0 Å². The lowest BCUT2D eigenvalue weighted by Gasteiger charge is -2.39. The molecule has 1 aliphatic rings. The number of hydrogen-bond acceptors (Lipinski definition) is 4. The molecule has 1 amide bonds. The Hall–Kier alpha value is -1.43. The zero-order chi connectivity index (χ0) is 14.6. The number of nitrogens with one attached hydrogen (secondary N) is 1. The van der Waals surface area contributed by atoms with Crippen molar-refractivity contribution in [2.24, 2.45) is 5.84 Å². The lowest BCUT2D eigenvalue weighted by molar-refractivity contribution is -0.0527. The van der Waals surface area contributed by atoms with Crippen molar-refractivity contribution in [2.45, 2.75) is 31.9 Å². The molecule has 0 aliphatic carbocycles. The fourth-order valence-electron chi connectivity index (χ4n) is 2.71. The molecule has 1 fully saturated rings. The third-order valence-electron chi connectivity index (χ3n) is 3.98. The van der Waals surface area contributed by atoms with Gasteiger partial charge in [0.2, 0.25) is 0 Å². The average Bonchev–Trinajstić information content (AvgIpc) is 2.47. The molecule has 1 saturated heterocycles. The summed E-state index contributed by atoms with van der Waals surface area (Å²) in [7, 11) is 1.78. The molecule has 110 valence electrons. The van der Waals surface area contributed by atoms with Crippen LogP contribution in [0.2, 0.25) is 0 Å². The van der Waals surface area contributed by atoms with Gasteiger partial charge in [0.05, 0.1) is 5.60 Å². The Morgan fingerprint density at radius 2 is 2.15 bits per heavy atom. The van der Waals surface area contributed by atoms with E-state index in [-0.39, 0.29) is 11.5 Å². The first kappa shape index (κ1) is 15.0. The van der Waals surface area contributed by atoms with Crippen molar-refractivity contribution in [2.75, 3.05) is 20.2 Å². The molecule has 0 saturated carbocycles. The Balaban J connectivity index is 1.98. The molecular weight excluding hydrogens is 254 g/mol. The summed E-state index contributed by atoms with van der Waals surface area (Å²) in [5.74, 6) is 4.85. The summed E-state index contributed by atoms with van der Waals surface area (Å²) in [6, 6.07) is 7.56. The summed E-state index contributed by atoms with van der Waals surface area (Å²) >= 11 is 0. The summed E-state index contributed by atoms with van der Waals surface area (Å²) in [6.45, 7) is 5.07. The van der Waals surface area contributed by atoms with Gasteiger partial charge < -0.3 is 4.74 Å². The van der Waals surface area contributed by atoms with E-state index in [4.69, 9.17) is 10.6 Å². The first-order chi connectivity index (χ1) is 9.56. The van der Waals surface area contributed by atoms with Crippen LogP contribution in [0.3, 0.4) is 0 Å². The normalized spacial score (nSPS) is 23.6. The molecule has 1 aromatic carbocycles. The molecule has 2 rings (SSSR count). The van der Waals surface area contributed by atoms with Crippen LogP contribution in [-0.4, -0.2) is 36.6 Å². The Bertz CT molecular complexity index is 461. The van der Waals surface area contributed by atoms with Crippen LogP contribution in [0.15, 0.2) is 24.3 Å². The molecule has 0 aromatic heterocycles. The van der Waals surface area contributed by atoms with E-state index in [1.165, 1.54) is 5.56 Å². The number of hydrazine groups is 1. The van der Waals surface area contributed by atoms with Gasteiger partial charge in [-0.15, -0.1) is 0 Å². The van der Waals surface area contributed by atoms with Crippen LogP contribution < -0.4 is 11.3 Å². The highest BCUT2D eigenvalue weighted by Gasteiger charge is 2.30. The topological polar surface area (TPSA) is 67.6 Å². The molecule has 5 nitrogen and oxygen atoms in total. The van der Waals surface area contributed by atoms with Gasteiger partial charge in [0.1, 0.15) is 0 Å². The number of carbonyl (C=O) groups excluding carboxylic acids is 1. The molecule has 1 atom stereocenters. The standard InChI is InChI=1S/C15H23N3O2/c1-15(20-2)8-3-9-18(11-15)10-12-4-6-13(7-5-12)14(19)17-16/h4-7H,3,8-11,16H2,1-2H3,(H,17,19). The van der Waals surface area contributed by atoms with Gasteiger partial charge in [-0.3, -0.25) is 15.1 Å². The van der Waals surface area contributed by atoms with Gasteiger partial charge in [0.25, 0.3) is 5.91 Å². The van der Waals surface area contributed by atoms with Crippen LogP contribution in [0.4, 0.5) is 0 Å². The predicted molar refractivity (Wildman–Crippen MR) is 78.0 cm³/mol. The van der Waals surface area contributed by atoms with E-state index in [0.717, 1.165) is 32.5 Å². The van der Waals surface area contributed by atoms with Crippen molar-refractivity contribution >= 4 is 5.91 Å². The zero-order valence-corrected chi connectivity index (χ0v) is 12.2. The lowest BCUT2D eigenvalue weighted by Crippen LogP contribution is -2.46. The van der Waals surface area contributed by atoms with Crippen molar-refractivity contribution in [1.82, 2.24) is 10.3 Å². The maximum atomic E-state index is 11.4. The van der Waals surface area contributed by atoms with Crippen LogP contribution >= 0.6 is 0 Å². The maximum absolute atomic E-state index is 11.4. The van der Waals surface area contributed by atoms with Gasteiger partial charge in [-0.25, -0.2) is 5.84 Å². The number of benzene rings is 1. The lowest BCUT2D eigenvalue weighted by atomic mass is 9.94. The Morgan fingerprint density at radius 3 is 2.75 bits per heavy atom. The number of amides is 1. The Kier molecular flexibility index (Phi) is 4.75. The number of rotatable bonds is 4. The third kappa shape index (κ3) is 3.56. The van der Waals surface area contributed by atoms with Gasteiger partial charge in [0.15, 0.2) is 0 Å². The molecule has 1 aliphatic heterocycles. The quantitative estimate of drug-likeness (QED) is 0.494. The van der Waals surface area contributed by atoms with Gasteiger partial charge in [-0.05, 0) is 44.0 Å². The minimum absolute atomic E-state index is 0.0440. The largest absolute Gasteiger partial charge is 0.377 e. The van der Waals surface area contributed by atoms with Gasteiger partial charge in [-0.1, -0.05) is 12.1 Å². The van der Waals surface area contributed by atoms with Crippen molar-refractivity contribution in [3.8, 4) is 0 Å². The number of likely N-dealkylation sites (tertiary alicyclic amines) is 1. The van der Waals surface area contributed by atoms with Crippen LogP contribution in [0.5, 0.6) is 0 Å². The molecule has 1 unspecified atom stereocenters. The van der Waals surface area contributed by atoms with E-state index in [1.54, 1.807) is 19.2 Å². The van der Waals surface area contributed by atoms with Crippen molar-refractivity contribution < 1.29 is 9.53 Å². The Labute approximate surface area is 120 Å². The molecule has 0 radical (unpaired) electrons. The fourth-order valence-corrected chi connectivity index (χ4v) is 2.71. The van der Waals surface area contributed by atoms with Gasteiger partial charge in [0, 0.05) is 25.8 Å². The van der Waals surface area contributed by atoms with E-state index in [2.05, 4.69) is 17.2 Å². The number of methoxy groups -OCH3 is 1. The molecule has 3 N–H and O–H groups in total. The summed E-state index contributed by atoms with van der Waals surface area (Å²) in [5, 5.41) is 0. The summed E-state index contributed by atoms with van der Waals surface area (Å²) < 4.78 is 5.60. The molecular formula is C15H23N3O2. The molecule has 1 aromatic rings. The minimum Gasteiger partial charge on any atom is -0.377 e. The molecule has 0 spiro atoms. The predicted octanol–water partition coefficient (Wildman–Crippen LogP) is 1.29. The molecule has 20 heavy (non-hydrogen) atoms. The highest BCUT2D eigenvalue weighted by molar-refractivity contribution is 5.93.